The molecule has 2 fully saturated rings. The van der Waals surface area contributed by atoms with Crippen molar-refractivity contribution in [2.45, 2.75) is 26.7 Å². The van der Waals surface area contributed by atoms with Crippen LogP contribution in [0.2, 0.25) is 0 Å². The number of aromatic nitrogens is 2. The molecule has 2 aliphatic heterocycles. The topological polar surface area (TPSA) is 49.3 Å². The zero-order chi connectivity index (χ0) is 16.0. The molecule has 1 amide bonds. The number of hydrogen-bond donors (Lipinski definition) is 0. The molecule has 2 saturated heterocycles. The maximum absolute atomic E-state index is 12.6. The lowest BCUT2D eigenvalue weighted by molar-refractivity contribution is -0.134. The summed E-state index contributed by atoms with van der Waals surface area (Å²) in [5.41, 5.74) is 2.23. The van der Waals surface area contributed by atoms with E-state index in [1.54, 1.807) is 6.33 Å². The Hall–Kier alpha value is -1.91. The first kappa shape index (κ1) is 14.7. The van der Waals surface area contributed by atoms with Crippen molar-refractivity contribution in [2.75, 3.05) is 31.1 Å². The molecular formula is C18H24N4O. The molecule has 3 heterocycles. The Kier molecular flexibility index (Phi) is 3.58. The number of rotatable bonds is 2. The van der Waals surface area contributed by atoms with Gasteiger partial charge in [-0.15, -0.1) is 0 Å². The Morgan fingerprint density at radius 1 is 1.04 bits per heavy atom. The number of amides is 1. The van der Waals surface area contributed by atoms with Crippen molar-refractivity contribution in [2.24, 2.45) is 17.8 Å². The molecular weight excluding hydrogens is 288 g/mol. The van der Waals surface area contributed by atoms with E-state index in [-0.39, 0.29) is 5.92 Å². The fourth-order valence-electron chi connectivity index (χ4n) is 4.27. The van der Waals surface area contributed by atoms with Crippen molar-refractivity contribution in [3.05, 3.63) is 29.7 Å². The predicted molar refractivity (Wildman–Crippen MR) is 89.1 cm³/mol. The minimum atomic E-state index is 0.205. The van der Waals surface area contributed by atoms with Gasteiger partial charge in [-0.1, -0.05) is 12.2 Å². The van der Waals surface area contributed by atoms with Gasteiger partial charge >= 0.3 is 0 Å². The SMILES string of the molecule is Cc1ncnc(N2CC3CN(C(=O)C4CC=CC4)CC3C2)c1C. The van der Waals surface area contributed by atoms with Gasteiger partial charge in [0.2, 0.25) is 5.91 Å². The molecule has 5 nitrogen and oxygen atoms in total. The van der Waals surface area contributed by atoms with Crippen LogP contribution in [0.5, 0.6) is 0 Å². The Morgan fingerprint density at radius 3 is 2.35 bits per heavy atom. The monoisotopic (exact) mass is 312 g/mol. The fourth-order valence-corrected chi connectivity index (χ4v) is 4.27. The summed E-state index contributed by atoms with van der Waals surface area (Å²) in [5.74, 6) is 2.82. The number of aryl methyl sites for hydroxylation is 1. The molecule has 0 spiro atoms. The van der Waals surface area contributed by atoms with Crippen LogP contribution in [0.1, 0.15) is 24.1 Å². The molecule has 0 radical (unpaired) electrons. The molecule has 1 aromatic heterocycles. The van der Waals surface area contributed by atoms with Crippen LogP contribution >= 0.6 is 0 Å². The highest BCUT2D eigenvalue weighted by atomic mass is 16.2. The van der Waals surface area contributed by atoms with Gasteiger partial charge in [0.15, 0.2) is 0 Å². The standard InChI is InChI=1S/C18H24N4O/c1-12-13(2)19-11-20-17(12)21-7-15-9-22(10-16(15)8-21)18(23)14-5-3-4-6-14/h3-4,11,14-16H,5-10H2,1-2H3. The van der Waals surface area contributed by atoms with Crippen molar-refractivity contribution in [1.29, 1.82) is 0 Å². The number of anilines is 1. The van der Waals surface area contributed by atoms with E-state index >= 15 is 0 Å². The first-order valence-electron chi connectivity index (χ1n) is 8.60. The number of nitrogens with zero attached hydrogens (tertiary/aromatic N) is 4. The summed E-state index contributed by atoms with van der Waals surface area (Å²) in [6.45, 7) is 7.98. The van der Waals surface area contributed by atoms with E-state index in [4.69, 9.17) is 0 Å². The zero-order valence-electron chi connectivity index (χ0n) is 13.9. The van der Waals surface area contributed by atoms with E-state index in [2.05, 4.69) is 38.8 Å². The van der Waals surface area contributed by atoms with Crippen molar-refractivity contribution >= 4 is 11.7 Å². The Morgan fingerprint density at radius 2 is 1.70 bits per heavy atom. The van der Waals surface area contributed by atoms with Crippen LogP contribution in [-0.4, -0.2) is 47.0 Å². The van der Waals surface area contributed by atoms with E-state index in [0.29, 0.717) is 17.7 Å². The minimum absolute atomic E-state index is 0.205. The number of fused-ring (bicyclic) bond motifs is 1. The second kappa shape index (κ2) is 5.62. The lowest BCUT2D eigenvalue weighted by Gasteiger charge is -2.25. The van der Waals surface area contributed by atoms with Crippen molar-refractivity contribution in [3.63, 3.8) is 0 Å². The Balaban J connectivity index is 1.42. The number of carbonyl (C=O) groups excluding carboxylic acids is 1. The third kappa shape index (κ3) is 2.52. The van der Waals surface area contributed by atoms with Crippen molar-refractivity contribution in [1.82, 2.24) is 14.9 Å². The normalized spacial score (nSPS) is 27.0. The minimum Gasteiger partial charge on any atom is -0.356 e. The van der Waals surface area contributed by atoms with Gasteiger partial charge in [-0.3, -0.25) is 4.79 Å². The van der Waals surface area contributed by atoms with Crippen molar-refractivity contribution < 1.29 is 4.79 Å². The molecule has 1 aliphatic carbocycles. The molecule has 0 aromatic carbocycles. The summed E-state index contributed by atoms with van der Waals surface area (Å²) < 4.78 is 0. The molecule has 122 valence electrons. The smallest absolute Gasteiger partial charge is 0.226 e. The van der Waals surface area contributed by atoms with E-state index in [0.717, 1.165) is 50.5 Å². The van der Waals surface area contributed by atoms with Gasteiger partial charge in [0.1, 0.15) is 12.1 Å². The molecule has 2 atom stereocenters. The summed E-state index contributed by atoms with van der Waals surface area (Å²) in [6.07, 6.45) is 7.80. The molecule has 5 heteroatoms. The molecule has 0 bridgehead atoms. The van der Waals surface area contributed by atoms with Gasteiger partial charge in [-0.25, -0.2) is 9.97 Å². The Bertz CT molecular complexity index is 634. The van der Waals surface area contributed by atoms with Gasteiger partial charge < -0.3 is 9.80 Å². The van der Waals surface area contributed by atoms with Crippen LogP contribution in [0, 0.1) is 31.6 Å². The third-order valence-electron chi connectivity index (χ3n) is 5.76. The molecule has 1 aromatic rings. The number of carbonyl (C=O) groups is 1. The van der Waals surface area contributed by atoms with Gasteiger partial charge in [0.05, 0.1) is 0 Å². The van der Waals surface area contributed by atoms with Crippen LogP contribution in [0.15, 0.2) is 18.5 Å². The lowest BCUT2D eigenvalue weighted by Crippen LogP contribution is -2.36. The highest BCUT2D eigenvalue weighted by Gasteiger charge is 2.43. The molecule has 2 unspecified atom stereocenters. The second-order valence-corrected chi connectivity index (χ2v) is 7.22. The fraction of sp³-hybridized carbons (Fsp3) is 0.611. The van der Waals surface area contributed by atoms with Crippen molar-refractivity contribution in [3.8, 4) is 0 Å². The number of allylic oxidation sites excluding steroid dienone is 2. The van der Waals surface area contributed by atoms with Crippen LogP contribution < -0.4 is 4.90 Å². The van der Waals surface area contributed by atoms with E-state index < -0.39 is 0 Å². The van der Waals surface area contributed by atoms with E-state index in [1.165, 1.54) is 5.56 Å². The van der Waals surface area contributed by atoms with Crippen LogP contribution in [0.3, 0.4) is 0 Å². The molecule has 23 heavy (non-hydrogen) atoms. The molecule has 0 N–H and O–H groups in total. The van der Waals surface area contributed by atoms with E-state index in [1.807, 2.05) is 6.92 Å². The summed E-state index contributed by atoms with van der Waals surface area (Å²) in [6, 6.07) is 0. The quantitative estimate of drug-likeness (QED) is 0.783. The summed E-state index contributed by atoms with van der Waals surface area (Å²) in [4.78, 5) is 25.8. The summed E-state index contributed by atoms with van der Waals surface area (Å²) >= 11 is 0. The lowest BCUT2D eigenvalue weighted by atomic mass is 10.0. The maximum atomic E-state index is 12.6. The zero-order valence-corrected chi connectivity index (χ0v) is 13.9. The number of hydrogen-bond acceptors (Lipinski definition) is 4. The Labute approximate surface area is 137 Å². The van der Waals surface area contributed by atoms with Crippen LogP contribution in [-0.2, 0) is 4.79 Å². The van der Waals surface area contributed by atoms with E-state index in [9.17, 15) is 4.79 Å². The highest BCUT2D eigenvalue weighted by Crippen LogP contribution is 2.35. The first-order valence-corrected chi connectivity index (χ1v) is 8.60. The summed E-state index contributed by atoms with van der Waals surface area (Å²) in [7, 11) is 0. The first-order chi connectivity index (χ1) is 11.1. The van der Waals surface area contributed by atoms with Crippen LogP contribution in [0.25, 0.3) is 0 Å². The average Bonchev–Trinajstić information content (AvgIpc) is 3.24. The molecule has 0 saturated carbocycles. The van der Waals surface area contributed by atoms with Gasteiger partial charge in [-0.2, -0.15) is 0 Å². The van der Waals surface area contributed by atoms with Gasteiger partial charge in [0, 0.05) is 55.2 Å². The highest BCUT2D eigenvalue weighted by molar-refractivity contribution is 5.80. The number of likely N-dealkylation sites (tertiary alicyclic amines) is 1. The summed E-state index contributed by atoms with van der Waals surface area (Å²) in [5, 5.41) is 0. The molecule has 3 aliphatic rings. The largest absolute Gasteiger partial charge is 0.356 e. The third-order valence-corrected chi connectivity index (χ3v) is 5.76. The average molecular weight is 312 g/mol. The van der Waals surface area contributed by atoms with Gasteiger partial charge in [0.25, 0.3) is 0 Å². The van der Waals surface area contributed by atoms with Gasteiger partial charge in [-0.05, 0) is 26.7 Å². The van der Waals surface area contributed by atoms with Crippen LogP contribution in [0.4, 0.5) is 5.82 Å². The predicted octanol–water partition coefficient (Wildman–Crippen LogP) is 1.95. The maximum Gasteiger partial charge on any atom is 0.226 e. The molecule has 4 rings (SSSR count). The second-order valence-electron chi connectivity index (χ2n) is 7.22.